The van der Waals surface area contributed by atoms with Gasteiger partial charge in [-0.2, -0.15) is 0 Å². The lowest BCUT2D eigenvalue weighted by molar-refractivity contribution is -0.133. The summed E-state index contributed by atoms with van der Waals surface area (Å²) < 4.78 is 10.8. The average Bonchev–Trinajstić information content (AvgIpc) is 3.28. The van der Waals surface area contributed by atoms with Gasteiger partial charge in [-0.05, 0) is 38.0 Å². The third-order valence-electron chi connectivity index (χ3n) is 6.30. The van der Waals surface area contributed by atoms with Crippen LogP contribution in [0.4, 0.5) is 5.69 Å². The summed E-state index contributed by atoms with van der Waals surface area (Å²) in [6.07, 6.45) is 0.679. The molecule has 2 N–H and O–H groups in total. The number of carbonyl (C=O) groups excluding carboxylic acids is 1. The summed E-state index contributed by atoms with van der Waals surface area (Å²) in [7, 11) is 3.29. The summed E-state index contributed by atoms with van der Waals surface area (Å²) in [6.45, 7) is 7.45. The molecule has 2 saturated heterocycles. The van der Waals surface area contributed by atoms with Crippen LogP contribution in [0.25, 0.3) is 0 Å². The molecule has 0 aliphatic carbocycles. The summed E-state index contributed by atoms with van der Waals surface area (Å²) in [5.74, 6) is 1.66. The van der Waals surface area contributed by atoms with Crippen LogP contribution in [0.5, 0.6) is 11.5 Å². The van der Waals surface area contributed by atoms with Crippen LogP contribution in [0.3, 0.4) is 0 Å². The third-order valence-corrected chi connectivity index (χ3v) is 6.30. The molecule has 0 spiro atoms. The number of piperazine rings is 1. The van der Waals surface area contributed by atoms with Crippen molar-refractivity contribution in [2.24, 2.45) is 0 Å². The van der Waals surface area contributed by atoms with Crippen molar-refractivity contribution in [1.29, 1.82) is 0 Å². The topological polar surface area (TPSA) is 66.1 Å². The highest BCUT2D eigenvalue weighted by molar-refractivity contribution is 5.82. The molecule has 2 atom stereocenters. The molecule has 7 heteroatoms. The maximum atomic E-state index is 13.1. The molecule has 2 aromatic rings. The minimum absolute atomic E-state index is 0.00584. The summed E-state index contributed by atoms with van der Waals surface area (Å²) in [6, 6.07) is 12.1. The Kier molecular flexibility index (Phi) is 6.34. The summed E-state index contributed by atoms with van der Waals surface area (Å²) in [5, 5.41) is 0. The second-order valence-corrected chi connectivity index (χ2v) is 8.34. The van der Waals surface area contributed by atoms with E-state index < -0.39 is 0 Å². The molecule has 31 heavy (non-hydrogen) atoms. The van der Waals surface area contributed by atoms with E-state index in [9.17, 15) is 4.79 Å². The first kappa shape index (κ1) is 21.5. The molecule has 0 saturated carbocycles. The lowest BCUT2D eigenvalue weighted by Crippen LogP contribution is -2.53. The van der Waals surface area contributed by atoms with Crippen molar-refractivity contribution in [2.45, 2.75) is 32.4 Å². The van der Waals surface area contributed by atoms with E-state index in [-0.39, 0.29) is 18.0 Å². The highest BCUT2D eigenvalue weighted by atomic mass is 16.5. The fraction of sp³-hybridized carbons (Fsp3) is 0.458. The second-order valence-electron chi connectivity index (χ2n) is 8.34. The molecule has 7 nitrogen and oxygen atoms in total. The van der Waals surface area contributed by atoms with E-state index in [4.69, 9.17) is 9.47 Å². The van der Waals surface area contributed by atoms with Crippen LogP contribution in [-0.4, -0.2) is 57.2 Å². The maximum Gasteiger partial charge on any atom is 0.241 e. The van der Waals surface area contributed by atoms with Gasteiger partial charge in [0.15, 0.2) is 0 Å². The SMILES string of the molecule is COc1ccc(C2CC(C(=O)N3CCN(c4ccc(C)cc4C)CC3)NN2)c(OC)c1. The fourth-order valence-electron chi connectivity index (χ4n) is 4.58. The van der Waals surface area contributed by atoms with E-state index in [1.165, 1.54) is 16.8 Å². The van der Waals surface area contributed by atoms with Gasteiger partial charge in [0.25, 0.3) is 0 Å². The third kappa shape index (κ3) is 4.48. The molecular formula is C24H32N4O3. The van der Waals surface area contributed by atoms with Gasteiger partial charge >= 0.3 is 0 Å². The number of hydrogen-bond acceptors (Lipinski definition) is 6. The quantitative estimate of drug-likeness (QED) is 0.769. The standard InChI is InChI=1S/C24H32N4O3/c1-16-5-8-22(17(2)13-16)27-9-11-28(12-10-27)24(29)21-15-20(25-26-21)19-7-6-18(30-3)14-23(19)31-4/h5-8,13-14,20-21,25-26H,9-12,15H2,1-4H3. The minimum Gasteiger partial charge on any atom is -0.497 e. The fourth-order valence-corrected chi connectivity index (χ4v) is 4.58. The van der Waals surface area contributed by atoms with Crippen LogP contribution in [0.15, 0.2) is 36.4 Å². The molecule has 2 heterocycles. The Bertz CT molecular complexity index is 940. The van der Waals surface area contributed by atoms with Gasteiger partial charge < -0.3 is 19.3 Å². The number of benzene rings is 2. The molecule has 0 aromatic heterocycles. The normalized spacial score (nSPS) is 21.3. The van der Waals surface area contributed by atoms with Crippen molar-refractivity contribution >= 4 is 11.6 Å². The molecule has 166 valence electrons. The number of ether oxygens (including phenoxy) is 2. The van der Waals surface area contributed by atoms with E-state index in [2.05, 4.69) is 47.8 Å². The average molecular weight is 425 g/mol. The number of aryl methyl sites for hydroxylation is 2. The molecule has 1 amide bonds. The predicted octanol–water partition coefficient (Wildman–Crippen LogP) is 2.58. The van der Waals surface area contributed by atoms with Gasteiger partial charge in [0, 0.05) is 43.5 Å². The van der Waals surface area contributed by atoms with Gasteiger partial charge in [-0.1, -0.05) is 23.8 Å². The zero-order valence-electron chi connectivity index (χ0n) is 18.8. The number of amides is 1. The Morgan fingerprint density at radius 1 is 0.968 bits per heavy atom. The molecule has 0 bridgehead atoms. The van der Waals surface area contributed by atoms with Crippen molar-refractivity contribution in [2.75, 3.05) is 45.3 Å². The van der Waals surface area contributed by atoms with Crippen LogP contribution in [0.2, 0.25) is 0 Å². The Labute approximate surface area is 184 Å². The van der Waals surface area contributed by atoms with E-state index in [0.29, 0.717) is 6.42 Å². The van der Waals surface area contributed by atoms with Gasteiger partial charge in [0.2, 0.25) is 5.91 Å². The molecule has 0 radical (unpaired) electrons. The second kappa shape index (κ2) is 9.16. The molecule has 2 aliphatic heterocycles. The lowest BCUT2D eigenvalue weighted by Gasteiger charge is -2.37. The van der Waals surface area contributed by atoms with Gasteiger partial charge in [0.05, 0.1) is 20.3 Å². The predicted molar refractivity (Wildman–Crippen MR) is 122 cm³/mol. The number of nitrogens with zero attached hydrogens (tertiary/aromatic N) is 2. The highest BCUT2D eigenvalue weighted by Gasteiger charge is 2.35. The minimum atomic E-state index is -0.246. The molecule has 2 fully saturated rings. The van der Waals surface area contributed by atoms with Crippen LogP contribution in [0.1, 0.15) is 29.2 Å². The van der Waals surface area contributed by atoms with Crippen LogP contribution in [-0.2, 0) is 4.79 Å². The van der Waals surface area contributed by atoms with Gasteiger partial charge in [-0.15, -0.1) is 0 Å². The number of carbonyl (C=O) groups is 1. The maximum absolute atomic E-state index is 13.1. The lowest BCUT2D eigenvalue weighted by atomic mass is 10.00. The number of hydrogen-bond donors (Lipinski definition) is 2. The van der Waals surface area contributed by atoms with Crippen LogP contribution >= 0.6 is 0 Å². The Morgan fingerprint density at radius 2 is 1.74 bits per heavy atom. The number of anilines is 1. The van der Waals surface area contributed by atoms with Gasteiger partial charge in [-0.3, -0.25) is 4.79 Å². The van der Waals surface area contributed by atoms with E-state index in [1.54, 1.807) is 14.2 Å². The molecule has 2 unspecified atom stereocenters. The van der Waals surface area contributed by atoms with E-state index in [0.717, 1.165) is 43.2 Å². The zero-order valence-corrected chi connectivity index (χ0v) is 18.8. The Balaban J connectivity index is 1.36. The van der Waals surface area contributed by atoms with E-state index >= 15 is 0 Å². The van der Waals surface area contributed by atoms with Crippen molar-refractivity contribution in [3.8, 4) is 11.5 Å². The van der Waals surface area contributed by atoms with Crippen molar-refractivity contribution < 1.29 is 14.3 Å². The van der Waals surface area contributed by atoms with Gasteiger partial charge in [0.1, 0.15) is 17.5 Å². The monoisotopic (exact) mass is 424 g/mol. The molecule has 2 aliphatic rings. The van der Waals surface area contributed by atoms with Crippen molar-refractivity contribution in [3.05, 3.63) is 53.1 Å². The Hall–Kier alpha value is -2.77. The number of methoxy groups -OCH3 is 2. The number of nitrogens with one attached hydrogen (secondary N) is 2. The largest absolute Gasteiger partial charge is 0.497 e. The van der Waals surface area contributed by atoms with E-state index in [1.807, 2.05) is 23.1 Å². The van der Waals surface area contributed by atoms with Crippen molar-refractivity contribution in [1.82, 2.24) is 15.8 Å². The van der Waals surface area contributed by atoms with Crippen LogP contribution < -0.4 is 25.2 Å². The Morgan fingerprint density at radius 3 is 2.42 bits per heavy atom. The molecular weight excluding hydrogens is 392 g/mol. The summed E-state index contributed by atoms with van der Waals surface area (Å²) in [5.41, 5.74) is 11.3. The van der Waals surface area contributed by atoms with Gasteiger partial charge in [-0.25, -0.2) is 10.9 Å². The molecule has 4 rings (SSSR count). The van der Waals surface area contributed by atoms with Crippen LogP contribution in [0, 0.1) is 13.8 Å². The first-order chi connectivity index (χ1) is 15.0. The van der Waals surface area contributed by atoms with Crippen molar-refractivity contribution in [3.63, 3.8) is 0 Å². The zero-order chi connectivity index (χ0) is 22.0. The number of rotatable bonds is 5. The first-order valence-electron chi connectivity index (χ1n) is 10.8. The first-order valence-corrected chi connectivity index (χ1v) is 10.8. The number of hydrazine groups is 1. The smallest absolute Gasteiger partial charge is 0.241 e. The summed E-state index contributed by atoms with van der Waals surface area (Å²) >= 11 is 0. The summed E-state index contributed by atoms with van der Waals surface area (Å²) in [4.78, 5) is 17.5. The molecule has 2 aromatic carbocycles. The highest BCUT2D eigenvalue weighted by Crippen LogP contribution is 2.33.